The van der Waals surface area contributed by atoms with E-state index in [1.807, 2.05) is 18.4 Å². The molecule has 0 unspecified atom stereocenters. The summed E-state index contributed by atoms with van der Waals surface area (Å²) in [5, 5.41) is 8.92. The number of carbonyl (C=O) groups is 1. The van der Waals surface area contributed by atoms with E-state index in [-0.39, 0.29) is 5.91 Å². The van der Waals surface area contributed by atoms with Crippen molar-refractivity contribution in [2.24, 2.45) is 0 Å². The first-order valence-electron chi connectivity index (χ1n) is 6.16. The zero-order valence-electron chi connectivity index (χ0n) is 10.7. The Hall–Kier alpha value is -1.95. The molecule has 0 radical (unpaired) electrons. The fraction of sp³-hybridized carbons (Fsp3) is 0.308. The summed E-state index contributed by atoms with van der Waals surface area (Å²) in [4.78, 5) is 20.1. The number of aromatic nitrogens is 2. The second kappa shape index (κ2) is 6.84. The van der Waals surface area contributed by atoms with E-state index in [1.165, 1.54) is 0 Å². The molecule has 0 fully saturated rings. The van der Waals surface area contributed by atoms with Crippen molar-refractivity contribution in [3.8, 4) is 0 Å². The van der Waals surface area contributed by atoms with Crippen LogP contribution >= 0.6 is 11.3 Å². The fourth-order valence-electron chi connectivity index (χ4n) is 1.59. The molecular formula is C13H16N4OS. The molecule has 0 saturated heterocycles. The molecule has 2 aromatic heterocycles. The number of hydrogen-bond donors (Lipinski definition) is 2. The van der Waals surface area contributed by atoms with Gasteiger partial charge in [0, 0.05) is 31.1 Å². The van der Waals surface area contributed by atoms with Gasteiger partial charge in [-0.25, -0.2) is 9.97 Å². The smallest absolute Gasteiger partial charge is 0.269 e. The van der Waals surface area contributed by atoms with Gasteiger partial charge in [-0.3, -0.25) is 4.79 Å². The quantitative estimate of drug-likeness (QED) is 0.846. The summed E-state index contributed by atoms with van der Waals surface area (Å²) < 4.78 is 0. The summed E-state index contributed by atoms with van der Waals surface area (Å²) in [6, 6.07) is 3.57. The number of anilines is 1. The van der Waals surface area contributed by atoms with E-state index in [2.05, 4.69) is 20.6 Å². The Balaban J connectivity index is 1.82. The highest BCUT2D eigenvalue weighted by Crippen LogP contribution is 2.06. The molecule has 19 heavy (non-hydrogen) atoms. The number of thiazole rings is 1. The number of pyridine rings is 1. The van der Waals surface area contributed by atoms with E-state index in [0.717, 1.165) is 23.7 Å². The second-order valence-corrected chi connectivity index (χ2v) is 4.87. The predicted molar refractivity (Wildman–Crippen MR) is 76.6 cm³/mol. The minimum absolute atomic E-state index is 0.153. The molecule has 0 aliphatic heterocycles. The Morgan fingerprint density at radius 1 is 1.37 bits per heavy atom. The van der Waals surface area contributed by atoms with Crippen LogP contribution in [0.4, 0.5) is 5.69 Å². The minimum Gasteiger partial charge on any atom is -0.384 e. The van der Waals surface area contributed by atoms with Crippen molar-refractivity contribution in [3.05, 3.63) is 40.6 Å². The van der Waals surface area contributed by atoms with E-state index < -0.39 is 0 Å². The number of nitrogens with zero attached hydrogens (tertiary/aromatic N) is 2. The number of nitrogens with one attached hydrogen (secondary N) is 2. The second-order valence-electron chi connectivity index (χ2n) is 3.89. The summed E-state index contributed by atoms with van der Waals surface area (Å²) in [5.41, 5.74) is 1.35. The van der Waals surface area contributed by atoms with Gasteiger partial charge in [-0.1, -0.05) is 0 Å². The molecule has 100 valence electrons. The molecule has 2 N–H and O–H groups in total. The number of rotatable bonds is 6. The first kappa shape index (κ1) is 13.5. The van der Waals surface area contributed by atoms with E-state index in [0.29, 0.717) is 12.2 Å². The zero-order valence-corrected chi connectivity index (χ0v) is 11.5. The first-order valence-corrected chi connectivity index (χ1v) is 7.04. The minimum atomic E-state index is -0.153. The van der Waals surface area contributed by atoms with Crippen LogP contribution < -0.4 is 10.6 Å². The summed E-state index contributed by atoms with van der Waals surface area (Å²) >= 11 is 1.59. The van der Waals surface area contributed by atoms with Crippen LogP contribution in [0.15, 0.2) is 29.9 Å². The maximum atomic E-state index is 11.8. The van der Waals surface area contributed by atoms with Crippen LogP contribution in [0.2, 0.25) is 0 Å². The highest BCUT2D eigenvalue weighted by molar-refractivity contribution is 7.09. The molecule has 6 heteroatoms. The lowest BCUT2D eigenvalue weighted by atomic mass is 10.3. The van der Waals surface area contributed by atoms with Crippen molar-refractivity contribution in [2.75, 3.05) is 18.4 Å². The largest absolute Gasteiger partial charge is 0.384 e. The molecule has 0 aliphatic carbocycles. The third-order valence-corrected chi connectivity index (χ3v) is 3.32. The van der Waals surface area contributed by atoms with E-state index in [9.17, 15) is 4.79 Å². The molecule has 0 spiro atoms. The molecule has 0 atom stereocenters. The van der Waals surface area contributed by atoms with Gasteiger partial charge in [0.05, 0.1) is 16.9 Å². The highest BCUT2D eigenvalue weighted by Gasteiger charge is 2.06. The number of amides is 1. The Labute approximate surface area is 116 Å². The number of hydrogen-bond acceptors (Lipinski definition) is 5. The molecule has 1 amide bonds. The highest BCUT2D eigenvalue weighted by atomic mass is 32.1. The van der Waals surface area contributed by atoms with Gasteiger partial charge >= 0.3 is 0 Å². The Bertz CT molecular complexity index is 510. The lowest BCUT2D eigenvalue weighted by molar-refractivity contribution is 0.0949. The van der Waals surface area contributed by atoms with Gasteiger partial charge in [0.2, 0.25) is 0 Å². The van der Waals surface area contributed by atoms with Gasteiger partial charge in [-0.15, -0.1) is 11.3 Å². The number of carbonyl (C=O) groups excluding carboxylic acids is 1. The SMILES string of the molecule is CCNc1ccc(C(=O)NCCc2nccs2)nc1. The van der Waals surface area contributed by atoms with Gasteiger partial charge in [0.25, 0.3) is 5.91 Å². The van der Waals surface area contributed by atoms with Crippen molar-refractivity contribution in [3.63, 3.8) is 0 Å². The summed E-state index contributed by atoms with van der Waals surface area (Å²) in [7, 11) is 0. The zero-order chi connectivity index (χ0) is 13.5. The van der Waals surface area contributed by atoms with E-state index >= 15 is 0 Å². The van der Waals surface area contributed by atoms with Crippen molar-refractivity contribution in [1.82, 2.24) is 15.3 Å². The summed E-state index contributed by atoms with van der Waals surface area (Å²) in [6.45, 7) is 3.42. The maximum absolute atomic E-state index is 11.8. The average Bonchev–Trinajstić information content (AvgIpc) is 2.93. The molecule has 0 aliphatic rings. The van der Waals surface area contributed by atoms with Crippen LogP contribution in [0.5, 0.6) is 0 Å². The van der Waals surface area contributed by atoms with E-state index in [4.69, 9.17) is 0 Å². The van der Waals surface area contributed by atoms with Crippen molar-refractivity contribution >= 4 is 22.9 Å². The summed E-state index contributed by atoms with van der Waals surface area (Å²) in [5.74, 6) is -0.153. The standard InChI is InChI=1S/C13H16N4OS/c1-2-14-10-3-4-11(17-9-10)13(18)16-6-5-12-15-7-8-19-12/h3-4,7-9,14H,2,5-6H2,1H3,(H,16,18). The topological polar surface area (TPSA) is 66.9 Å². The van der Waals surface area contributed by atoms with Crippen LogP contribution in [-0.2, 0) is 6.42 Å². The molecule has 2 heterocycles. The third kappa shape index (κ3) is 4.03. The summed E-state index contributed by atoms with van der Waals surface area (Å²) in [6.07, 6.45) is 4.18. The van der Waals surface area contributed by atoms with Gasteiger partial charge in [-0.2, -0.15) is 0 Å². The Morgan fingerprint density at radius 3 is 2.89 bits per heavy atom. The Kier molecular flexibility index (Phi) is 4.85. The van der Waals surface area contributed by atoms with Crippen LogP contribution in [-0.4, -0.2) is 29.0 Å². The van der Waals surface area contributed by atoms with Crippen LogP contribution in [0.3, 0.4) is 0 Å². The average molecular weight is 276 g/mol. The normalized spacial score (nSPS) is 10.2. The van der Waals surface area contributed by atoms with Gasteiger partial charge in [0.1, 0.15) is 5.69 Å². The first-order chi connectivity index (χ1) is 9.29. The molecule has 0 bridgehead atoms. The van der Waals surface area contributed by atoms with Crippen LogP contribution in [0.25, 0.3) is 0 Å². The molecule has 2 aromatic rings. The van der Waals surface area contributed by atoms with E-state index in [1.54, 1.807) is 29.8 Å². The van der Waals surface area contributed by atoms with Gasteiger partial charge in [0.15, 0.2) is 0 Å². The van der Waals surface area contributed by atoms with Gasteiger partial charge in [-0.05, 0) is 19.1 Å². The third-order valence-electron chi connectivity index (χ3n) is 2.48. The molecule has 0 saturated carbocycles. The lowest BCUT2D eigenvalue weighted by Gasteiger charge is -2.05. The monoisotopic (exact) mass is 276 g/mol. The van der Waals surface area contributed by atoms with Crippen LogP contribution in [0.1, 0.15) is 22.4 Å². The Morgan fingerprint density at radius 2 is 2.26 bits per heavy atom. The predicted octanol–water partition coefficient (Wildman–Crippen LogP) is 1.94. The van der Waals surface area contributed by atoms with Crippen molar-refractivity contribution in [1.29, 1.82) is 0 Å². The van der Waals surface area contributed by atoms with Gasteiger partial charge < -0.3 is 10.6 Å². The molecular weight excluding hydrogens is 260 g/mol. The molecule has 2 rings (SSSR count). The lowest BCUT2D eigenvalue weighted by Crippen LogP contribution is -2.26. The fourth-order valence-corrected chi connectivity index (χ4v) is 2.21. The molecule has 5 nitrogen and oxygen atoms in total. The maximum Gasteiger partial charge on any atom is 0.269 e. The molecule has 0 aromatic carbocycles. The van der Waals surface area contributed by atoms with Crippen LogP contribution in [0, 0.1) is 0 Å². The van der Waals surface area contributed by atoms with Crippen molar-refractivity contribution < 1.29 is 4.79 Å². The van der Waals surface area contributed by atoms with Crippen molar-refractivity contribution in [2.45, 2.75) is 13.3 Å².